The van der Waals surface area contributed by atoms with Crippen molar-refractivity contribution in [1.29, 1.82) is 0 Å². The maximum Gasteiger partial charge on any atom is 0.401 e. The summed E-state index contributed by atoms with van der Waals surface area (Å²) in [6.07, 6.45) is -3.42. The average molecular weight is 344 g/mol. The Morgan fingerprint density at radius 1 is 1.25 bits per heavy atom. The van der Waals surface area contributed by atoms with Crippen LogP contribution in [0.1, 0.15) is 12.1 Å². The normalized spacial score (nSPS) is 22.8. The lowest BCUT2D eigenvalue weighted by Crippen LogP contribution is -2.37. The van der Waals surface area contributed by atoms with Crippen molar-refractivity contribution in [2.24, 2.45) is 0 Å². The summed E-state index contributed by atoms with van der Waals surface area (Å²) in [5, 5.41) is 3.34. The van der Waals surface area contributed by atoms with Crippen molar-refractivity contribution in [3.63, 3.8) is 0 Å². The third kappa shape index (κ3) is 4.51. The number of nitrogens with one attached hydrogen (secondary N) is 1. The Morgan fingerprint density at radius 2 is 2.00 bits per heavy atom. The molecule has 1 aromatic heterocycles. The van der Waals surface area contributed by atoms with E-state index in [1.807, 2.05) is 19.1 Å². The molecule has 0 aromatic carbocycles. The molecule has 0 aliphatic carbocycles. The van der Waals surface area contributed by atoms with Crippen molar-refractivity contribution < 1.29 is 17.9 Å². The molecule has 3 rings (SSSR count). The van der Waals surface area contributed by atoms with E-state index in [-0.39, 0.29) is 6.04 Å². The number of pyridine rings is 1. The first-order valence-corrected chi connectivity index (χ1v) is 8.27. The van der Waals surface area contributed by atoms with Gasteiger partial charge in [-0.1, -0.05) is 0 Å². The Balaban J connectivity index is 1.58. The van der Waals surface area contributed by atoms with Crippen LogP contribution in [0, 0.1) is 6.92 Å². The fourth-order valence-corrected chi connectivity index (χ4v) is 3.24. The summed E-state index contributed by atoms with van der Waals surface area (Å²) < 4.78 is 42.7. The summed E-state index contributed by atoms with van der Waals surface area (Å²) in [6, 6.07) is 3.96. The molecule has 1 aromatic rings. The summed E-state index contributed by atoms with van der Waals surface area (Å²) >= 11 is 0. The van der Waals surface area contributed by atoms with Gasteiger partial charge in [0.1, 0.15) is 5.82 Å². The summed E-state index contributed by atoms with van der Waals surface area (Å²) in [6.45, 7) is 5.03. The number of halogens is 3. The quantitative estimate of drug-likeness (QED) is 0.907. The second kappa shape index (κ2) is 7.14. The summed E-state index contributed by atoms with van der Waals surface area (Å²) in [5.74, 6) is 0.923. The molecule has 5 nitrogen and oxygen atoms in total. The Labute approximate surface area is 139 Å². The number of morpholine rings is 1. The van der Waals surface area contributed by atoms with E-state index in [1.165, 1.54) is 4.90 Å². The van der Waals surface area contributed by atoms with Crippen LogP contribution in [-0.4, -0.2) is 68.0 Å². The SMILES string of the molecule is Cc1nc(N2CCOCC2)ccc1N[C@@H]1CCN(CC(F)(F)F)C1. The van der Waals surface area contributed by atoms with Gasteiger partial charge >= 0.3 is 6.18 Å². The molecule has 1 N–H and O–H groups in total. The topological polar surface area (TPSA) is 40.6 Å². The fraction of sp³-hybridized carbons (Fsp3) is 0.688. The van der Waals surface area contributed by atoms with Gasteiger partial charge in [-0.15, -0.1) is 0 Å². The highest BCUT2D eigenvalue weighted by atomic mass is 19.4. The molecule has 0 spiro atoms. The van der Waals surface area contributed by atoms with Crippen molar-refractivity contribution >= 4 is 11.5 Å². The molecule has 0 bridgehead atoms. The number of rotatable bonds is 4. The number of hydrogen-bond donors (Lipinski definition) is 1. The Hall–Kier alpha value is -1.54. The van der Waals surface area contributed by atoms with E-state index in [0.29, 0.717) is 32.7 Å². The van der Waals surface area contributed by atoms with Crippen LogP contribution in [0.3, 0.4) is 0 Å². The molecule has 0 unspecified atom stereocenters. The Bertz CT molecular complexity index is 561. The predicted molar refractivity (Wildman–Crippen MR) is 86.5 cm³/mol. The molecule has 3 heterocycles. The highest BCUT2D eigenvalue weighted by Crippen LogP contribution is 2.24. The largest absolute Gasteiger partial charge is 0.401 e. The molecular formula is C16H23F3N4O. The van der Waals surface area contributed by atoms with Gasteiger partial charge in [-0.25, -0.2) is 4.98 Å². The molecule has 0 amide bonds. The number of anilines is 2. The minimum atomic E-state index is -4.13. The van der Waals surface area contributed by atoms with E-state index in [9.17, 15) is 13.2 Å². The van der Waals surface area contributed by atoms with E-state index in [2.05, 4.69) is 15.2 Å². The lowest BCUT2D eigenvalue weighted by Gasteiger charge is -2.28. The monoisotopic (exact) mass is 344 g/mol. The van der Waals surface area contributed by atoms with Crippen LogP contribution in [-0.2, 0) is 4.74 Å². The van der Waals surface area contributed by atoms with E-state index in [1.54, 1.807) is 0 Å². The third-order valence-corrected chi connectivity index (χ3v) is 4.44. The summed E-state index contributed by atoms with van der Waals surface area (Å²) in [4.78, 5) is 8.26. The van der Waals surface area contributed by atoms with E-state index in [4.69, 9.17) is 4.74 Å². The van der Waals surface area contributed by atoms with Crippen LogP contribution in [0.4, 0.5) is 24.7 Å². The molecular weight excluding hydrogens is 321 g/mol. The molecule has 2 saturated heterocycles. The van der Waals surface area contributed by atoms with Gasteiger partial charge < -0.3 is 15.0 Å². The minimum absolute atomic E-state index is 0.0297. The molecule has 2 fully saturated rings. The van der Waals surface area contributed by atoms with Gasteiger partial charge in [-0.3, -0.25) is 4.90 Å². The van der Waals surface area contributed by atoms with Crippen LogP contribution in [0.15, 0.2) is 12.1 Å². The van der Waals surface area contributed by atoms with Crippen molar-refractivity contribution in [2.75, 3.05) is 56.2 Å². The minimum Gasteiger partial charge on any atom is -0.380 e. The highest BCUT2D eigenvalue weighted by molar-refractivity contribution is 5.54. The summed E-state index contributed by atoms with van der Waals surface area (Å²) in [5.41, 5.74) is 1.76. The van der Waals surface area contributed by atoms with Gasteiger partial charge in [0, 0.05) is 32.2 Å². The van der Waals surface area contributed by atoms with Gasteiger partial charge in [-0.05, 0) is 25.5 Å². The molecule has 134 valence electrons. The zero-order chi connectivity index (χ0) is 17.2. The van der Waals surface area contributed by atoms with Gasteiger partial charge in [-0.2, -0.15) is 13.2 Å². The van der Waals surface area contributed by atoms with Gasteiger partial charge in [0.25, 0.3) is 0 Å². The van der Waals surface area contributed by atoms with Crippen molar-refractivity contribution in [1.82, 2.24) is 9.88 Å². The Kier molecular flexibility index (Phi) is 5.15. The van der Waals surface area contributed by atoms with E-state index in [0.717, 1.165) is 30.3 Å². The molecule has 2 aliphatic heterocycles. The number of aryl methyl sites for hydroxylation is 1. The predicted octanol–water partition coefficient (Wildman–Crippen LogP) is 2.28. The van der Waals surface area contributed by atoms with Gasteiger partial charge in [0.15, 0.2) is 0 Å². The maximum atomic E-state index is 12.5. The first kappa shape index (κ1) is 17.3. The highest BCUT2D eigenvalue weighted by Gasteiger charge is 2.34. The van der Waals surface area contributed by atoms with Crippen molar-refractivity contribution in [3.8, 4) is 0 Å². The zero-order valence-corrected chi connectivity index (χ0v) is 13.8. The number of likely N-dealkylation sites (tertiary alicyclic amines) is 1. The summed E-state index contributed by atoms with van der Waals surface area (Å²) in [7, 11) is 0. The van der Waals surface area contributed by atoms with Crippen LogP contribution >= 0.6 is 0 Å². The average Bonchev–Trinajstić information content (AvgIpc) is 2.95. The number of ether oxygens (including phenoxy) is 1. The van der Waals surface area contributed by atoms with Gasteiger partial charge in [0.05, 0.1) is 31.1 Å². The zero-order valence-electron chi connectivity index (χ0n) is 13.8. The van der Waals surface area contributed by atoms with Crippen LogP contribution in [0.5, 0.6) is 0 Å². The second-order valence-corrected chi connectivity index (χ2v) is 6.38. The number of alkyl halides is 3. The molecule has 1 atom stereocenters. The first-order chi connectivity index (χ1) is 11.4. The van der Waals surface area contributed by atoms with Crippen molar-refractivity contribution in [3.05, 3.63) is 17.8 Å². The maximum absolute atomic E-state index is 12.5. The number of nitrogens with zero attached hydrogens (tertiary/aromatic N) is 3. The van der Waals surface area contributed by atoms with E-state index >= 15 is 0 Å². The van der Waals surface area contributed by atoms with Gasteiger partial charge in [0.2, 0.25) is 0 Å². The fourth-order valence-electron chi connectivity index (χ4n) is 3.24. The third-order valence-electron chi connectivity index (χ3n) is 4.44. The van der Waals surface area contributed by atoms with Crippen molar-refractivity contribution in [2.45, 2.75) is 25.6 Å². The molecule has 8 heteroatoms. The number of aromatic nitrogens is 1. The lowest BCUT2D eigenvalue weighted by atomic mass is 10.2. The molecule has 24 heavy (non-hydrogen) atoms. The van der Waals surface area contributed by atoms with Crippen LogP contribution < -0.4 is 10.2 Å². The molecule has 0 saturated carbocycles. The first-order valence-electron chi connectivity index (χ1n) is 8.27. The van der Waals surface area contributed by atoms with Crippen LogP contribution in [0.2, 0.25) is 0 Å². The molecule has 2 aliphatic rings. The Morgan fingerprint density at radius 3 is 2.67 bits per heavy atom. The van der Waals surface area contributed by atoms with E-state index < -0.39 is 12.7 Å². The number of hydrogen-bond acceptors (Lipinski definition) is 5. The standard InChI is InChI=1S/C16H23F3N4O/c1-12-14(2-3-15(20-12)23-6-8-24-9-7-23)21-13-4-5-22(10-13)11-16(17,18)19/h2-3,13,21H,4-11H2,1H3/t13-/m1/s1. The smallest absolute Gasteiger partial charge is 0.380 e. The lowest BCUT2D eigenvalue weighted by molar-refractivity contribution is -0.143. The second-order valence-electron chi connectivity index (χ2n) is 6.38. The van der Waals surface area contributed by atoms with Crippen LogP contribution in [0.25, 0.3) is 0 Å². The molecule has 0 radical (unpaired) electrons.